The second kappa shape index (κ2) is 7.96. The number of anilines is 1. The molecule has 1 unspecified atom stereocenters. The molecule has 0 spiro atoms. The van der Waals surface area contributed by atoms with E-state index in [4.69, 9.17) is 4.42 Å². The molecule has 1 atom stereocenters. The molecule has 28 heavy (non-hydrogen) atoms. The van der Waals surface area contributed by atoms with Gasteiger partial charge in [-0.05, 0) is 50.2 Å². The topological polar surface area (TPSA) is 92.5 Å². The largest absolute Gasteiger partial charge is 0.438 e. The van der Waals surface area contributed by atoms with Crippen LogP contribution < -0.4 is 5.32 Å². The number of hydrogen-bond acceptors (Lipinski definition) is 6. The van der Waals surface area contributed by atoms with Gasteiger partial charge in [0.1, 0.15) is 0 Å². The number of nitrogens with zero attached hydrogens (tertiary/aromatic N) is 2. The summed E-state index contributed by atoms with van der Waals surface area (Å²) >= 11 is 1.50. The van der Waals surface area contributed by atoms with Gasteiger partial charge in [-0.25, -0.2) is 13.4 Å². The molecular weight excluding hydrogens is 398 g/mol. The highest BCUT2D eigenvalue weighted by Gasteiger charge is 2.30. The first-order valence-corrected chi connectivity index (χ1v) is 12.1. The van der Waals surface area contributed by atoms with E-state index in [-0.39, 0.29) is 10.9 Å². The number of rotatable bonds is 5. The number of fused-ring (bicyclic) bond motifs is 1. The highest BCUT2D eigenvalue weighted by Crippen LogP contribution is 2.33. The third-order valence-electron chi connectivity index (χ3n) is 5.55. The summed E-state index contributed by atoms with van der Waals surface area (Å²) in [6.07, 6.45) is 6.98. The Morgan fingerprint density at radius 2 is 2.11 bits per heavy atom. The second-order valence-corrected chi connectivity index (χ2v) is 10.4. The number of sulfonamides is 1. The molecule has 152 valence electrons. The maximum Gasteiger partial charge on any atom is 0.293 e. The van der Waals surface area contributed by atoms with E-state index in [1.165, 1.54) is 32.7 Å². The smallest absolute Gasteiger partial charge is 0.293 e. The summed E-state index contributed by atoms with van der Waals surface area (Å²) in [4.78, 5) is 18.3. The lowest BCUT2D eigenvalue weighted by atomic mass is 9.89. The van der Waals surface area contributed by atoms with Gasteiger partial charge < -0.3 is 4.42 Å². The zero-order valence-corrected chi connectivity index (χ0v) is 17.6. The summed E-state index contributed by atoms with van der Waals surface area (Å²) in [5.41, 5.74) is 1.07. The molecule has 1 N–H and O–H groups in total. The summed E-state index contributed by atoms with van der Waals surface area (Å²) in [6.45, 7) is 3.19. The molecule has 4 rings (SSSR count). The Labute approximate surface area is 169 Å². The fourth-order valence-corrected chi connectivity index (χ4v) is 6.36. The number of thiazole rings is 1. The molecule has 1 amide bonds. The molecule has 1 aliphatic heterocycles. The van der Waals surface area contributed by atoms with Gasteiger partial charge in [0.25, 0.3) is 15.9 Å². The standard InChI is InChI=1S/C19H25N3O4S2/c1-2-13-6-7-14-16(12-13)27-19(20-14)21-18(23)15-8-9-17(26-15)28(24,25)22-10-4-3-5-11-22/h8-9,13H,2-7,10-12H2,1H3,(H,20,21,23). The van der Waals surface area contributed by atoms with Gasteiger partial charge >= 0.3 is 0 Å². The van der Waals surface area contributed by atoms with Gasteiger partial charge in [-0.15, -0.1) is 11.3 Å². The number of nitrogens with one attached hydrogen (secondary N) is 1. The maximum absolute atomic E-state index is 12.7. The van der Waals surface area contributed by atoms with Gasteiger partial charge in [0, 0.05) is 18.0 Å². The minimum Gasteiger partial charge on any atom is -0.438 e. The number of amides is 1. The molecule has 2 aromatic rings. The monoisotopic (exact) mass is 423 g/mol. The highest BCUT2D eigenvalue weighted by molar-refractivity contribution is 7.89. The van der Waals surface area contributed by atoms with Crippen LogP contribution in [0.2, 0.25) is 0 Å². The fraction of sp³-hybridized carbons (Fsp3) is 0.579. The normalized spacial score (nSPS) is 20.7. The Morgan fingerprint density at radius 3 is 2.86 bits per heavy atom. The van der Waals surface area contributed by atoms with E-state index >= 15 is 0 Å². The molecule has 1 aliphatic carbocycles. The number of piperidine rings is 1. The zero-order valence-electron chi connectivity index (χ0n) is 15.9. The summed E-state index contributed by atoms with van der Waals surface area (Å²) in [5.74, 6) is 0.192. The van der Waals surface area contributed by atoms with Crippen LogP contribution in [0.4, 0.5) is 5.13 Å². The van der Waals surface area contributed by atoms with Crippen LogP contribution in [0.5, 0.6) is 0 Å². The van der Waals surface area contributed by atoms with Crippen LogP contribution in [-0.2, 0) is 22.9 Å². The predicted octanol–water partition coefficient (Wildman–Crippen LogP) is 3.68. The number of carbonyl (C=O) groups is 1. The van der Waals surface area contributed by atoms with Gasteiger partial charge in [-0.3, -0.25) is 10.1 Å². The molecule has 0 aromatic carbocycles. The minimum atomic E-state index is -3.69. The lowest BCUT2D eigenvalue weighted by Gasteiger charge is -2.24. The first kappa shape index (κ1) is 19.6. The van der Waals surface area contributed by atoms with Gasteiger partial charge in [0.05, 0.1) is 5.69 Å². The second-order valence-electron chi connectivity index (χ2n) is 7.44. The Hall–Kier alpha value is -1.71. The number of hydrogen-bond donors (Lipinski definition) is 1. The third-order valence-corrected chi connectivity index (χ3v) is 8.36. The van der Waals surface area contributed by atoms with Crippen LogP contribution >= 0.6 is 11.3 Å². The molecule has 2 aliphatic rings. The van der Waals surface area contributed by atoms with Crippen molar-refractivity contribution in [2.75, 3.05) is 18.4 Å². The van der Waals surface area contributed by atoms with Crippen molar-refractivity contribution in [3.05, 3.63) is 28.5 Å². The van der Waals surface area contributed by atoms with E-state index in [2.05, 4.69) is 17.2 Å². The first-order chi connectivity index (χ1) is 13.5. The summed E-state index contributed by atoms with van der Waals surface area (Å²) in [5, 5.41) is 3.13. The molecule has 0 saturated carbocycles. The Morgan fingerprint density at radius 1 is 1.32 bits per heavy atom. The Bertz CT molecular complexity index is 958. The van der Waals surface area contributed by atoms with Gasteiger partial charge in [-0.1, -0.05) is 19.8 Å². The molecule has 0 radical (unpaired) electrons. The fourth-order valence-electron chi connectivity index (χ4n) is 3.82. The van der Waals surface area contributed by atoms with Crippen LogP contribution in [0.1, 0.15) is 60.2 Å². The van der Waals surface area contributed by atoms with Crippen molar-refractivity contribution in [1.82, 2.24) is 9.29 Å². The third kappa shape index (κ3) is 3.88. The van der Waals surface area contributed by atoms with Crippen molar-refractivity contribution in [3.8, 4) is 0 Å². The average molecular weight is 424 g/mol. The highest BCUT2D eigenvalue weighted by atomic mass is 32.2. The van der Waals surface area contributed by atoms with Crippen molar-refractivity contribution in [2.24, 2.45) is 5.92 Å². The number of furan rings is 1. The van der Waals surface area contributed by atoms with E-state index < -0.39 is 15.9 Å². The van der Waals surface area contributed by atoms with Crippen molar-refractivity contribution in [1.29, 1.82) is 0 Å². The van der Waals surface area contributed by atoms with Crippen LogP contribution in [0.3, 0.4) is 0 Å². The van der Waals surface area contributed by atoms with Crippen molar-refractivity contribution in [2.45, 2.75) is 57.0 Å². The van der Waals surface area contributed by atoms with E-state index in [1.807, 2.05) is 0 Å². The zero-order chi connectivity index (χ0) is 19.7. The number of aryl methyl sites for hydroxylation is 1. The maximum atomic E-state index is 12.7. The molecule has 7 nitrogen and oxygen atoms in total. The molecule has 3 heterocycles. The summed E-state index contributed by atoms with van der Waals surface area (Å²) < 4.78 is 32.2. The lowest BCUT2D eigenvalue weighted by Crippen LogP contribution is -2.35. The minimum absolute atomic E-state index is 0.0183. The van der Waals surface area contributed by atoms with E-state index in [0.717, 1.165) is 50.6 Å². The van der Waals surface area contributed by atoms with Crippen LogP contribution in [0.25, 0.3) is 0 Å². The van der Waals surface area contributed by atoms with E-state index in [0.29, 0.717) is 24.1 Å². The molecule has 1 fully saturated rings. The Kier molecular flexibility index (Phi) is 5.57. The Balaban J connectivity index is 1.46. The predicted molar refractivity (Wildman–Crippen MR) is 107 cm³/mol. The summed E-state index contributed by atoms with van der Waals surface area (Å²) in [7, 11) is -3.69. The quantitative estimate of drug-likeness (QED) is 0.792. The van der Waals surface area contributed by atoms with Crippen LogP contribution in [0.15, 0.2) is 21.6 Å². The van der Waals surface area contributed by atoms with Crippen LogP contribution in [-0.4, -0.2) is 36.7 Å². The van der Waals surface area contributed by atoms with Gasteiger partial charge in [-0.2, -0.15) is 4.31 Å². The summed E-state index contributed by atoms with van der Waals surface area (Å²) in [6, 6.07) is 2.77. The molecule has 1 saturated heterocycles. The molecule has 2 aromatic heterocycles. The van der Waals surface area contributed by atoms with Gasteiger partial charge in [0.2, 0.25) is 5.09 Å². The lowest BCUT2D eigenvalue weighted by molar-refractivity contribution is 0.0991. The average Bonchev–Trinajstić information content (AvgIpc) is 3.35. The van der Waals surface area contributed by atoms with Gasteiger partial charge in [0.15, 0.2) is 10.9 Å². The number of aromatic nitrogens is 1. The molecule has 0 bridgehead atoms. The van der Waals surface area contributed by atoms with Crippen molar-refractivity contribution >= 4 is 32.4 Å². The number of carbonyl (C=O) groups excluding carboxylic acids is 1. The van der Waals surface area contributed by atoms with Crippen molar-refractivity contribution < 1.29 is 17.6 Å². The van der Waals surface area contributed by atoms with E-state index in [9.17, 15) is 13.2 Å². The van der Waals surface area contributed by atoms with Crippen molar-refractivity contribution in [3.63, 3.8) is 0 Å². The van der Waals surface area contributed by atoms with E-state index in [1.54, 1.807) is 0 Å². The first-order valence-electron chi connectivity index (χ1n) is 9.87. The molecular formula is C19H25N3O4S2. The van der Waals surface area contributed by atoms with Crippen LogP contribution in [0, 0.1) is 5.92 Å². The SMILES string of the molecule is CCC1CCc2nc(NC(=O)c3ccc(S(=O)(=O)N4CCCCC4)o3)sc2C1. The molecule has 9 heteroatoms.